The van der Waals surface area contributed by atoms with E-state index in [1.165, 1.54) is 0 Å². The number of hydrogen-bond acceptors (Lipinski definition) is 6. The fourth-order valence-corrected chi connectivity index (χ4v) is 4.03. The van der Waals surface area contributed by atoms with Crippen LogP contribution in [0, 0.1) is 6.92 Å². The van der Waals surface area contributed by atoms with Crippen LogP contribution in [0.2, 0.25) is 0 Å². The van der Waals surface area contributed by atoms with Gasteiger partial charge in [-0.1, -0.05) is 12.7 Å². The molecule has 1 aliphatic rings. The summed E-state index contributed by atoms with van der Waals surface area (Å²) in [5.41, 5.74) is 3.00. The minimum absolute atomic E-state index is 0.168. The first-order valence-corrected chi connectivity index (χ1v) is 8.76. The lowest BCUT2D eigenvalue weighted by Crippen LogP contribution is -2.32. The van der Waals surface area contributed by atoms with Crippen molar-refractivity contribution in [2.24, 2.45) is 0 Å². The van der Waals surface area contributed by atoms with Gasteiger partial charge in [0.1, 0.15) is 22.0 Å². The summed E-state index contributed by atoms with van der Waals surface area (Å²) in [4.78, 5) is 14.9. The fraction of sp³-hybridized carbons (Fsp3) is 0.389. The standard InChI is InChI=1S/C18H19N3O2S/c1-5-6-22-16-15-14(19-10(2)20-16)12-7-11-9-23-18(3,4)8-13(11)21-17(12)24-15/h5,7H,1,6,8-9H2,2-4H3. The van der Waals surface area contributed by atoms with Gasteiger partial charge in [0.2, 0.25) is 5.88 Å². The Labute approximate surface area is 144 Å². The van der Waals surface area contributed by atoms with Crippen LogP contribution in [-0.4, -0.2) is 27.2 Å². The molecule has 4 heterocycles. The molecule has 24 heavy (non-hydrogen) atoms. The number of nitrogens with zero attached hydrogens (tertiary/aromatic N) is 3. The van der Waals surface area contributed by atoms with Crippen LogP contribution in [0.15, 0.2) is 18.7 Å². The van der Waals surface area contributed by atoms with Crippen LogP contribution in [0.1, 0.15) is 30.9 Å². The van der Waals surface area contributed by atoms with Crippen LogP contribution in [0.4, 0.5) is 0 Å². The van der Waals surface area contributed by atoms with Crippen LogP contribution >= 0.6 is 11.3 Å². The van der Waals surface area contributed by atoms with Gasteiger partial charge < -0.3 is 9.47 Å². The van der Waals surface area contributed by atoms with Crippen molar-refractivity contribution >= 4 is 31.8 Å². The van der Waals surface area contributed by atoms with Crippen LogP contribution in [0.5, 0.6) is 5.88 Å². The number of pyridine rings is 1. The van der Waals surface area contributed by atoms with Crippen molar-refractivity contribution in [1.82, 2.24) is 15.0 Å². The first kappa shape index (κ1) is 15.5. The second-order valence-electron chi connectivity index (χ2n) is 6.63. The Morgan fingerprint density at radius 3 is 3.00 bits per heavy atom. The fourth-order valence-electron chi connectivity index (χ4n) is 2.97. The van der Waals surface area contributed by atoms with E-state index in [2.05, 4.69) is 36.5 Å². The molecular formula is C18H19N3O2S. The van der Waals surface area contributed by atoms with E-state index in [4.69, 9.17) is 14.5 Å². The molecule has 0 aromatic carbocycles. The molecule has 1 aliphatic heterocycles. The van der Waals surface area contributed by atoms with E-state index in [0.717, 1.165) is 38.1 Å². The summed E-state index contributed by atoms with van der Waals surface area (Å²) in [7, 11) is 0. The maximum absolute atomic E-state index is 5.92. The molecule has 0 N–H and O–H groups in total. The molecule has 0 bridgehead atoms. The zero-order chi connectivity index (χ0) is 16.9. The predicted molar refractivity (Wildman–Crippen MR) is 95.7 cm³/mol. The first-order valence-electron chi connectivity index (χ1n) is 7.94. The van der Waals surface area contributed by atoms with Gasteiger partial charge in [-0.2, -0.15) is 4.98 Å². The average molecular weight is 341 g/mol. The normalized spacial score (nSPS) is 16.3. The van der Waals surface area contributed by atoms with E-state index < -0.39 is 0 Å². The molecule has 0 unspecified atom stereocenters. The highest BCUT2D eigenvalue weighted by molar-refractivity contribution is 7.25. The summed E-state index contributed by atoms with van der Waals surface area (Å²) >= 11 is 1.58. The SMILES string of the molecule is C=CCOc1nc(C)nc2c1sc1nc3c(cc12)COC(C)(C)C3. The molecule has 0 fully saturated rings. The van der Waals surface area contributed by atoms with E-state index in [1.807, 2.05) is 6.92 Å². The van der Waals surface area contributed by atoms with Crippen molar-refractivity contribution in [1.29, 1.82) is 0 Å². The van der Waals surface area contributed by atoms with Gasteiger partial charge in [0, 0.05) is 17.4 Å². The zero-order valence-electron chi connectivity index (χ0n) is 14.0. The molecule has 0 spiro atoms. The van der Waals surface area contributed by atoms with E-state index in [1.54, 1.807) is 17.4 Å². The molecule has 5 nitrogen and oxygen atoms in total. The molecular weight excluding hydrogens is 322 g/mol. The minimum Gasteiger partial charge on any atom is -0.472 e. The lowest BCUT2D eigenvalue weighted by molar-refractivity contribution is -0.0411. The maximum atomic E-state index is 5.92. The molecule has 3 aromatic rings. The van der Waals surface area contributed by atoms with Gasteiger partial charge in [0.15, 0.2) is 0 Å². The second-order valence-corrected chi connectivity index (χ2v) is 7.63. The number of ether oxygens (including phenoxy) is 2. The Morgan fingerprint density at radius 1 is 1.38 bits per heavy atom. The van der Waals surface area contributed by atoms with E-state index >= 15 is 0 Å². The Bertz CT molecular complexity index is 962. The van der Waals surface area contributed by atoms with E-state index in [9.17, 15) is 0 Å². The lowest BCUT2D eigenvalue weighted by Gasteiger charge is -2.30. The van der Waals surface area contributed by atoms with E-state index in [-0.39, 0.29) is 5.60 Å². The predicted octanol–water partition coefficient (Wildman–Crippen LogP) is 3.96. The van der Waals surface area contributed by atoms with E-state index in [0.29, 0.717) is 24.9 Å². The third-order valence-corrected chi connectivity index (χ3v) is 5.18. The van der Waals surface area contributed by atoms with Crippen LogP contribution in [0.3, 0.4) is 0 Å². The molecule has 0 saturated carbocycles. The van der Waals surface area contributed by atoms with Gasteiger partial charge in [0.05, 0.1) is 23.4 Å². The van der Waals surface area contributed by atoms with Gasteiger partial charge in [-0.3, -0.25) is 0 Å². The molecule has 0 aliphatic carbocycles. The smallest absolute Gasteiger partial charge is 0.235 e. The highest BCUT2D eigenvalue weighted by Crippen LogP contribution is 2.39. The van der Waals surface area contributed by atoms with Gasteiger partial charge in [0.25, 0.3) is 0 Å². The van der Waals surface area contributed by atoms with Crippen LogP contribution < -0.4 is 4.74 Å². The number of thiophene rings is 1. The van der Waals surface area contributed by atoms with Crippen LogP contribution in [0.25, 0.3) is 20.4 Å². The van der Waals surface area contributed by atoms with Crippen molar-refractivity contribution in [3.8, 4) is 5.88 Å². The molecule has 0 radical (unpaired) electrons. The molecule has 0 atom stereocenters. The Morgan fingerprint density at radius 2 is 2.21 bits per heavy atom. The number of hydrogen-bond donors (Lipinski definition) is 0. The molecule has 4 rings (SSSR count). The summed E-state index contributed by atoms with van der Waals surface area (Å²) in [6.07, 6.45) is 2.53. The molecule has 3 aromatic heterocycles. The van der Waals surface area contributed by atoms with Crippen molar-refractivity contribution < 1.29 is 9.47 Å². The summed E-state index contributed by atoms with van der Waals surface area (Å²) in [5.74, 6) is 1.30. The molecule has 0 amide bonds. The van der Waals surface area contributed by atoms with Crippen molar-refractivity contribution in [3.63, 3.8) is 0 Å². The monoisotopic (exact) mass is 341 g/mol. The summed E-state index contributed by atoms with van der Waals surface area (Å²) in [5, 5.41) is 1.05. The van der Waals surface area contributed by atoms with Crippen molar-refractivity contribution in [3.05, 3.63) is 35.8 Å². The number of aryl methyl sites for hydroxylation is 1. The molecule has 6 heteroatoms. The third-order valence-electron chi connectivity index (χ3n) is 4.11. The Kier molecular flexibility index (Phi) is 3.54. The summed E-state index contributed by atoms with van der Waals surface area (Å²) < 4.78 is 12.6. The minimum atomic E-state index is -0.168. The third kappa shape index (κ3) is 2.56. The van der Waals surface area contributed by atoms with Gasteiger partial charge in [-0.15, -0.1) is 11.3 Å². The van der Waals surface area contributed by atoms with Gasteiger partial charge in [-0.25, -0.2) is 9.97 Å². The Hall–Kier alpha value is -2.05. The molecule has 0 saturated heterocycles. The Balaban J connectivity index is 1.93. The lowest BCUT2D eigenvalue weighted by atomic mass is 9.95. The van der Waals surface area contributed by atoms with Crippen molar-refractivity contribution in [2.45, 2.75) is 39.4 Å². The van der Waals surface area contributed by atoms with Crippen molar-refractivity contribution in [2.75, 3.05) is 6.61 Å². The second kappa shape index (κ2) is 5.50. The highest BCUT2D eigenvalue weighted by Gasteiger charge is 2.28. The quantitative estimate of drug-likeness (QED) is 0.675. The average Bonchev–Trinajstić information content (AvgIpc) is 2.87. The summed E-state index contributed by atoms with van der Waals surface area (Å²) in [6.45, 7) is 10.8. The van der Waals surface area contributed by atoms with Crippen LogP contribution in [-0.2, 0) is 17.8 Å². The maximum Gasteiger partial charge on any atom is 0.235 e. The number of rotatable bonds is 3. The van der Waals surface area contributed by atoms with Gasteiger partial charge in [-0.05, 0) is 26.8 Å². The summed E-state index contributed by atoms with van der Waals surface area (Å²) in [6, 6.07) is 2.16. The van der Waals surface area contributed by atoms with Gasteiger partial charge >= 0.3 is 0 Å². The number of fused-ring (bicyclic) bond motifs is 4. The first-order chi connectivity index (χ1) is 11.5. The highest BCUT2D eigenvalue weighted by atomic mass is 32.1. The topological polar surface area (TPSA) is 57.1 Å². The molecule has 124 valence electrons. The zero-order valence-corrected chi connectivity index (χ0v) is 14.9. The number of aromatic nitrogens is 3. The largest absolute Gasteiger partial charge is 0.472 e.